The van der Waals surface area contributed by atoms with E-state index < -0.39 is 6.09 Å². The summed E-state index contributed by atoms with van der Waals surface area (Å²) < 4.78 is 0. The molecule has 0 aromatic heterocycles. The number of likely N-dealkylation sites (N-methyl/N-ethyl adjacent to an activating group) is 1. The molecule has 0 fully saturated rings. The van der Waals surface area contributed by atoms with Crippen LogP contribution in [0.1, 0.15) is 17.9 Å². The third-order valence-electron chi connectivity index (χ3n) is 2.62. The van der Waals surface area contributed by atoms with Crippen LogP contribution in [0.25, 0.3) is 0 Å². The first-order valence-electron chi connectivity index (χ1n) is 5.28. The van der Waals surface area contributed by atoms with Crippen LogP contribution in [0.5, 0.6) is 0 Å². The highest BCUT2D eigenvalue weighted by Gasteiger charge is 2.17. The molecule has 0 saturated carbocycles. The van der Waals surface area contributed by atoms with Crippen molar-refractivity contribution in [2.24, 2.45) is 0 Å². The summed E-state index contributed by atoms with van der Waals surface area (Å²) in [5.74, 6) is -0.224. The predicted octanol–water partition coefficient (Wildman–Crippen LogP) is 3.28. The molecule has 6 heteroatoms. The monoisotopic (exact) mass is 289 g/mol. The maximum atomic E-state index is 10.8. The number of carboxylic acid groups (broad SMARTS) is 1. The van der Waals surface area contributed by atoms with Gasteiger partial charge in [-0.3, -0.25) is 0 Å². The van der Waals surface area contributed by atoms with Crippen molar-refractivity contribution in [2.45, 2.75) is 12.3 Å². The molecule has 98 valence electrons. The van der Waals surface area contributed by atoms with Gasteiger partial charge in [0, 0.05) is 25.9 Å². The van der Waals surface area contributed by atoms with Crippen LogP contribution >= 0.6 is 23.2 Å². The van der Waals surface area contributed by atoms with E-state index in [2.05, 4.69) is 0 Å². The van der Waals surface area contributed by atoms with E-state index in [1.54, 1.807) is 18.2 Å². The SMILES string of the molecule is CN(C[C@@H](CC=O)c1ccc(Cl)c(Cl)c1)C(=O)O. The number of rotatable bonds is 5. The molecule has 1 N–H and O–H groups in total. The Morgan fingerprint density at radius 3 is 2.61 bits per heavy atom. The van der Waals surface area contributed by atoms with Gasteiger partial charge in [0.25, 0.3) is 0 Å². The van der Waals surface area contributed by atoms with Gasteiger partial charge in [-0.05, 0) is 17.7 Å². The minimum atomic E-state index is -1.04. The highest BCUT2D eigenvalue weighted by molar-refractivity contribution is 6.42. The molecule has 0 aliphatic carbocycles. The van der Waals surface area contributed by atoms with Gasteiger partial charge in [0.1, 0.15) is 6.29 Å². The standard InChI is InChI=1S/C12H13Cl2NO3/c1-15(12(17)18)7-9(4-5-16)8-2-3-10(13)11(14)6-8/h2-3,5-6,9H,4,7H2,1H3,(H,17,18)/t9-/m1/s1. The predicted molar refractivity (Wildman–Crippen MR) is 70.5 cm³/mol. The van der Waals surface area contributed by atoms with E-state index in [0.717, 1.165) is 16.7 Å². The molecule has 0 spiro atoms. The number of carbonyl (C=O) groups is 2. The van der Waals surface area contributed by atoms with Gasteiger partial charge in [0.15, 0.2) is 0 Å². The number of carbonyl (C=O) groups excluding carboxylic acids is 1. The number of nitrogens with zero attached hydrogens (tertiary/aromatic N) is 1. The Morgan fingerprint density at radius 1 is 1.44 bits per heavy atom. The Morgan fingerprint density at radius 2 is 2.11 bits per heavy atom. The summed E-state index contributed by atoms with van der Waals surface area (Å²) in [5, 5.41) is 9.65. The smallest absolute Gasteiger partial charge is 0.407 e. The van der Waals surface area contributed by atoms with Crippen LogP contribution < -0.4 is 0 Å². The zero-order chi connectivity index (χ0) is 13.7. The molecule has 0 aliphatic heterocycles. The molecular formula is C12H13Cl2NO3. The fraction of sp³-hybridized carbons (Fsp3) is 0.333. The summed E-state index contributed by atoms with van der Waals surface area (Å²) >= 11 is 11.7. The lowest BCUT2D eigenvalue weighted by atomic mass is 9.96. The van der Waals surface area contributed by atoms with Crippen molar-refractivity contribution in [3.05, 3.63) is 33.8 Å². The van der Waals surface area contributed by atoms with Crippen LogP contribution in [-0.2, 0) is 4.79 Å². The van der Waals surface area contributed by atoms with E-state index in [4.69, 9.17) is 28.3 Å². The molecule has 18 heavy (non-hydrogen) atoms. The number of halogens is 2. The lowest BCUT2D eigenvalue weighted by Crippen LogP contribution is -2.29. The number of hydrogen-bond acceptors (Lipinski definition) is 2. The van der Waals surface area contributed by atoms with Gasteiger partial charge < -0.3 is 14.8 Å². The van der Waals surface area contributed by atoms with E-state index in [1.807, 2.05) is 0 Å². The van der Waals surface area contributed by atoms with Crippen LogP contribution in [0.3, 0.4) is 0 Å². The van der Waals surface area contributed by atoms with E-state index in [-0.39, 0.29) is 18.9 Å². The first kappa shape index (κ1) is 14.8. The van der Waals surface area contributed by atoms with Crippen LogP contribution in [0, 0.1) is 0 Å². The molecule has 1 rings (SSSR count). The fourth-order valence-corrected chi connectivity index (χ4v) is 1.91. The minimum Gasteiger partial charge on any atom is -0.465 e. The second kappa shape index (κ2) is 6.61. The average molecular weight is 290 g/mol. The van der Waals surface area contributed by atoms with Gasteiger partial charge in [-0.2, -0.15) is 0 Å². The zero-order valence-corrected chi connectivity index (χ0v) is 11.3. The maximum Gasteiger partial charge on any atom is 0.407 e. The minimum absolute atomic E-state index is 0.224. The first-order chi connectivity index (χ1) is 8.45. The lowest BCUT2D eigenvalue weighted by molar-refractivity contribution is -0.108. The number of amides is 1. The van der Waals surface area contributed by atoms with E-state index in [1.165, 1.54) is 7.05 Å². The van der Waals surface area contributed by atoms with E-state index in [9.17, 15) is 9.59 Å². The Hall–Kier alpha value is -1.26. The summed E-state index contributed by atoms with van der Waals surface area (Å²) in [7, 11) is 1.46. The third-order valence-corrected chi connectivity index (χ3v) is 3.36. The molecule has 1 atom stereocenters. The summed E-state index contributed by atoms with van der Waals surface area (Å²) in [6.45, 7) is 0.228. The third kappa shape index (κ3) is 3.89. The van der Waals surface area contributed by atoms with Crippen molar-refractivity contribution in [1.29, 1.82) is 0 Å². The quantitative estimate of drug-likeness (QED) is 0.847. The zero-order valence-electron chi connectivity index (χ0n) is 9.77. The molecule has 0 unspecified atom stereocenters. The van der Waals surface area contributed by atoms with Gasteiger partial charge in [-0.15, -0.1) is 0 Å². The van der Waals surface area contributed by atoms with Crippen molar-refractivity contribution in [1.82, 2.24) is 4.90 Å². The van der Waals surface area contributed by atoms with E-state index >= 15 is 0 Å². The molecule has 0 radical (unpaired) electrons. The number of benzene rings is 1. The van der Waals surface area contributed by atoms with Crippen molar-refractivity contribution in [3.8, 4) is 0 Å². The summed E-state index contributed by atoms with van der Waals surface area (Å²) in [6, 6.07) is 5.05. The van der Waals surface area contributed by atoms with Gasteiger partial charge in [0.05, 0.1) is 10.0 Å². The van der Waals surface area contributed by atoms with Crippen LogP contribution in [0.15, 0.2) is 18.2 Å². The maximum absolute atomic E-state index is 10.8. The molecule has 4 nitrogen and oxygen atoms in total. The second-order valence-corrected chi connectivity index (χ2v) is 4.75. The Kier molecular flexibility index (Phi) is 5.44. The lowest BCUT2D eigenvalue weighted by Gasteiger charge is -2.21. The number of hydrogen-bond donors (Lipinski definition) is 1. The van der Waals surface area contributed by atoms with Gasteiger partial charge in [-0.25, -0.2) is 4.79 Å². The second-order valence-electron chi connectivity index (χ2n) is 3.94. The molecule has 1 aromatic carbocycles. The van der Waals surface area contributed by atoms with Gasteiger partial charge >= 0.3 is 6.09 Å². The van der Waals surface area contributed by atoms with Gasteiger partial charge in [-0.1, -0.05) is 29.3 Å². The van der Waals surface area contributed by atoms with Crippen LogP contribution in [0.4, 0.5) is 4.79 Å². The van der Waals surface area contributed by atoms with E-state index in [0.29, 0.717) is 10.0 Å². The molecular weight excluding hydrogens is 277 g/mol. The molecule has 0 saturated heterocycles. The number of aldehydes is 1. The average Bonchev–Trinajstić information content (AvgIpc) is 2.32. The molecule has 0 aliphatic rings. The summed E-state index contributed by atoms with van der Waals surface area (Å²) in [5.41, 5.74) is 0.796. The summed E-state index contributed by atoms with van der Waals surface area (Å²) in [4.78, 5) is 22.6. The molecule has 1 aromatic rings. The van der Waals surface area contributed by atoms with Crippen LogP contribution in [-0.4, -0.2) is 36.0 Å². The Balaban J connectivity index is 2.92. The summed E-state index contributed by atoms with van der Waals surface area (Å²) in [6.07, 6.45) is -0.0377. The first-order valence-corrected chi connectivity index (χ1v) is 6.04. The molecule has 0 bridgehead atoms. The molecule has 0 heterocycles. The molecule has 1 amide bonds. The fourth-order valence-electron chi connectivity index (χ4n) is 1.61. The highest BCUT2D eigenvalue weighted by Crippen LogP contribution is 2.28. The van der Waals surface area contributed by atoms with Crippen LogP contribution in [0.2, 0.25) is 10.0 Å². The highest BCUT2D eigenvalue weighted by atomic mass is 35.5. The largest absolute Gasteiger partial charge is 0.465 e. The van der Waals surface area contributed by atoms with Crippen molar-refractivity contribution < 1.29 is 14.7 Å². The van der Waals surface area contributed by atoms with Crippen molar-refractivity contribution in [2.75, 3.05) is 13.6 Å². The van der Waals surface area contributed by atoms with Crippen molar-refractivity contribution >= 4 is 35.6 Å². The normalized spacial score (nSPS) is 11.9. The Bertz CT molecular complexity index is 451. The van der Waals surface area contributed by atoms with Crippen molar-refractivity contribution in [3.63, 3.8) is 0 Å². The van der Waals surface area contributed by atoms with Gasteiger partial charge in [0.2, 0.25) is 0 Å². The topological polar surface area (TPSA) is 57.6 Å². The Labute approximate surface area is 115 Å².